The molecule has 11 heteroatoms. The van der Waals surface area contributed by atoms with Crippen LogP contribution >= 0.6 is 15.9 Å². The Kier molecular flexibility index (Phi) is 10.2. The number of ether oxygens (including phenoxy) is 2. The molecule has 3 aliphatic rings. The Morgan fingerprint density at radius 1 is 1.28 bits per heavy atom. The van der Waals surface area contributed by atoms with Crippen LogP contribution in [-0.4, -0.2) is 88.1 Å². The van der Waals surface area contributed by atoms with Gasteiger partial charge in [0.2, 0.25) is 11.8 Å². The van der Waals surface area contributed by atoms with Crippen molar-refractivity contribution in [3.63, 3.8) is 0 Å². The smallest absolute Gasteiger partial charge is 0.312 e. The maximum atomic E-state index is 14.6. The number of amides is 3. The second-order valence-electron chi connectivity index (χ2n) is 11.8. The summed E-state index contributed by atoms with van der Waals surface area (Å²) in [6, 6.07) is 4.02. The lowest BCUT2D eigenvalue weighted by molar-refractivity contribution is -0.159. The molecule has 3 aliphatic heterocycles. The van der Waals surface area contributed by atoms with E-state index in [0.717, 1.165) is 11.1 Å². The van der Waals surface area contributed by atoms with Gasteiger partial charge in [0.15, 0.2) is 0 Å². The number of carbonyl (C=O) groups excluding carboxylic acids is 4. The van der Waals surface area contributed by atoms with E-state index in [0.29, 0.717) is 18.5 Å². The monoisotopic (exact) mass is 659 g/mol. The first-order valence-electron chi connectivity index (χ1n) is 14.7. The lowest BCUT2D eigenvalue weighted by Gasteiger charge is -2.39. The highest BCUT2D eigenvalue weighted by molar-refractivity contribution is 9.09. The summed E-state index contributed by atoms with van der Waals surface area (Å²) in [5.74, 6) is -3.53. The van der Waals surface area contributed by atoms with Crippen LogP contribution in [0.4, 0.5) is 5.69 Å². The molecule has 0 radical (unpaired) electrons. The quantitative estimate of drug-likeness (QED) is 0.189. The lowest BCUT2D eigenvalue weighted by Crippen LogP contribution is -2.59. The molecular weight excluding hydrogens is 618 g/mol. The summed E-state index contributed by atoms with van der Waals surface area (Å²) in [6.07, 6.45) is 3.09. The van der Waals surface area contributed by atoms with Crippen LogP contribution < -0.4 is 10.2 Å². The molecule has 0 saturated carbocycles. The predicted octanol–water partition coefficient (Wildman–Crippen LogP) is 2.97. The van der Waals surface area contributed by atoms with Crippen molar-refractivity contribution in [2.24, 2.45) is 11.8 Å². The van der Waals surface area contributed by atoms with Crippen LogP contribution in [0.3, 0.4) is 0 Å². The van der Waals surface area contributed by atoms with Crippen LogP contribution in [0.25, 0.3) is 0 Å². The molecule has 10 nitrogen and oxygen atoms in total. The van der Waals surface area contributed by atoms with Gasteiger partial charge in [-0.25, -0.2) is 0 Å². The summed E-state index contributed by atoms with van der Waals surface area (Å²) < 4.78 is 12.3. The van der Waals surface area contributed by atoms with Gasteiger partial charge in [0.05, 0.1) is 37.1 Å². The molecule has 1 aromatic carbocycles. The number of fused-ring (bicyclic) bond motifs is 1. The number of aliphatic hydroxyl groups excluding tert-OH is 1. The number of benzene rings is 1. The molecule has 2 N–H and O–H groups in total. The summed E-state index contributed by atoms with van der Waals surface area (Å²) >= 11 is 3.66. The fourth-order valence-electron chi connectivity index (χ4n) is 6.67. The molecule has 2 bridgehead atoms. The molecule has 234 valence electrons. The molecule has 8 atom stereocenters. The third-order valence-corrected chi connectivity index (χ3v) is 9.53. The highest BCUT2D eigenvalue weighted by Crippen LogP contribution is 2.60. The molecule has 1 spiro atoms. The number of hydrogen-bond donors (Lipinski definition) is 2. The molecule has 3 amide bonds. The van der Waals surface area contributed by atoms with Crippen LogP contribution in [0.15, 0.2) is 43.5 Å². The standard InChI is InChI=1S/C32H42BrN3O7/c1-7-9-10-24(38)34-16-21(6)42-31(41)25-26-29(39)36(20(5)17-37)28(32(26)15-22(33)27(25)43-32)30(40)35(13-8-2)23-14-18(3)11-12-19(23)4/h7-8,11-12,14,20-22,25-28,37H,1-2,9-10,13,15-17H2,3-6H3,(H,34,38)/t20-,21-,22?,25+,26-,27+,28+,32-/m1/s1. The van der Waals surface area contributed by atoms with Crippen molar-refractivity contribution in [1.29, 1.82) is 0 Å². The van der Waals surface area contributed by atoms with Crippen LogP contribution in [-0.2, 0) is 28.7 Å². The number of allylic oxidation sites excluding steroid dienone is 1. The molecule has 0 aliphatic carbocycles. The first-order chi connectivity index (χ1) is 20.4. The fourth-order valence-corrected chi connectivity index (χ4v) is 7.61. The van der Waals surface area contributed by atoms with Gasteiger partial charge in [-0.05, 0) is 57.7 Å². The van der Waals surface area contributed by atoms with Gasteiger partial charge in [0.1, 0.15) is 17.7 Å². The minimum Gasteiger partial charge on any atom is -0.460 e. The van der Waals surface area contributed by atoms with E-state index in [4.69, 9.17) is 9.47 Å². The maximum absolute atomic E-state index is 14.6. The number of rotatable bonds is 13. The van der Waals surface area contributed by atoms with E-state index in [-0.39, 0.29) is 42.8 Å². The molecule has 43 heavy (non-hydrogen) atoms. The summed E-state index contributed by atoms with van der Waals surface area (Å²) in [5, 5.41) is 12.9. The number of nitrogens with one attached hydrogen (secondary N) is 1. The third-order valence-electron chi connectivity index (χ3n) is 8.68. The van der Waals surface area contributed by atoms with Gasteiger partial charge in [-0.15, -0.1) is 13.2 Å². The van der Waals surface area contributed by atoms with Crippen molar-refractivity contribution in [1.82, 2.24) is 10.2 Å². The zero-order valence-electron chi connectivity index (χ0n) is 25.3. The van der Waals surface area contributed by atoms with Crippen LogP contribution in [0.5, 0.6) is 0 Å². The first-order valence-corrected chi connectivity index (χ1v) is 15.7. The summed E-state index contributed by atoms with van der Waals surface area (Å²) in [6.45, 7) is 14.6. The minimum atomic E-state index is -1.31. The second-order valence-corrected chi connectivity index (χ2v) is 13.0. The number of nitrogens with zero attached hydrogens (tertiary/aromatic N) is 2. The van der Waals surface area contributed by atoms with E-state index in [2.05, 4.69) is 34.4 Å². The summed E-state index contributed by atoms with van der Waals surface area (Å²) in [4.78, 5) is 57.2. The van der Waals surface area contributed by atoms with Crippen molar-refractivity contribution in [2.45, 2.75) is 81.7 Å². The Morgan fingerprint density at radius 2 is 2.00 bits per heavy atom. The van der Waals surface area contributed by atoms with Crippen LogP contribution in [0, 0.1) is 25.7 Å². The number of hydrogen-bond acceptors (Lipinski definition) is 7. The van der Waals surface area contributed by atoms with Gasteiger partial charge in [-0.3, -0.25) is 19.2 Å². The first kappa shape index (κ1) is 32.9. The molecule has 4 rings (SSSR count). The van der Waals surface area contributed by atoms with Crippen molar-refractivity contribution < 1.29 is 33.8 Å². The number of halogens is 1. The SMILES string of the molecule is C=CCCC(=O)NC[C@@H](C)OC(=O)[C@@H]1[C@H]2O[C@@]3(CC2Br)[C@H](C(=O)N(CC=C)c2cc(C)ccc2C)N([C@H](C)CO)C(=O)[C@@H]13. The molecule has 3 saturated heterocycles. The Hall–Kier alpha value is -3.02. The number of alkyl halides is 1. The number of esters is 1. The van der Waals surface area contributed by atoms with Crippen molar-refractivity contribution in [2.75, 3.05) is 24.6 Å². The second kappa shape index (κ2) is 13.3. The Bertz CT molecular complexity index is 1290. The molecule has 0 aromatic heterocycles. The summed E-state index contributed by atoms with van der Waals surface area (Å²) in [5.41, 5.74) is 1.23. The van der Waals surface area contributed by atoms with Gasteiger partial charge in [-0.1, -0.05) is 40.2 Å². The maximum Gasteiger partial charge on any atom is 0.312 e. The van der Waals surface area contributed by atoms with Crippen molar-refractivity contribution in [3.05, 3.63) is 54.6 Å². The number of carbonyl (C=O) groups is 4. The average molecular weight is 661 g/mol. The van der Waals surface area contributed by atoms with Gasteiger partial charge >= 0.3 is 5.97 Å². The highest BCUT2D eigenvalue weighted by atomic mass is 79.9. The Balaban J connectivity index is 1.67. The number of aliphatic hydroxyl groups is 1. The van der Waals surface area contributed by atoms with Gasteiger partial charge < -0.3 is 29.7 Å². The topological polar surface area (TPSA) is 125 Å². The highest BCUT2D eigenvalue weighted by Gasteiger charge is 2.77. The normalized spacial score (nSPS) is 28.7. The van der Waals surface area contributed by atoms with E-state index in [1.807, 2.05) is 32.0 Å². The zero-order chi connectivity index (χ0) is 31.6. The third kappa shape index (κ3) is 6.04. The van der Waals surface area contributed by atoms with Gasteiger partial charge in [-0.2, -0.15) is 0 Å². The van der Waals surface area contributed by atoms with Crippen molar-refractivity contribution >= 4 is 45.3 Å². The largest absolute Gasteiger partial charge is 0.460 e. The molecule has 3 heterocycles. The number of anilines is 1. The minimum absolute atomic E-state index is 0.114. The van der Waals surface area contributed by atoms with Crippen molar-refractivity contribution in [3.8, 4) is 0 Å². The fraction of sp³-hybridized carbons (Fsp3) is 0.562. The average Bonchev–Trinajstić information content (AvgIpc) is 3.57. The van der Waals surface area contributed by atoms with E-state index < -0.39 is 53.6 Å². The molecular formula is C32H42BrN3O7. The van der Waals surface area contributed by atoms with E-state index in [9.17, 15) is 24.3 Å². The summed E-state index contributed by atoms with van der Waals surface area (Å²) in [7, 11) is 0. The van der Waals surface area contributed by atoms with Crippen LogP contribution in [0.2, 0.25) is 0 Å². The van der Waals surface area contributed by atoms with Crippen LogP contribution in [0.1, 0.15) is 44.2 Å². The zero-order valence-corrected chi connectivity index (χ0v) is 26.8. The number of aryl methyl sites for hydroxylation is 2. The van der Waals surface area contributed by atoms with E-state index >= 15 is 0 Å². The van der Waals surface area contributed by atoms with E-state index in [1.54, 1.807) is 30.9 Å². The molecule has 1 aromatic rings. The lowest BCUT2D eigenvalue weighted by atomic mass is 9.70. The predicted molar refractivity (Wildman–Crippen MR) is 166 cm³/mol. The van der Waals surface area contributed by atoms with E-state index in [1.165, 1.54) is 4.90 Å². The van der Waals surface area contributed by atoms with Gasteiger partial charge in [0, 0.05) is 23.5 Å². The molecule has 1 unspecified atom stereocenters. The number of likely N-dealkylation sites (tertiary alicyclic amines) is 1. The Labute approximate surface area is 261 Å². The Morgan fingerprint density at radius 3 is 2.65 bits per heavy atom. The van der Waals surface area contributed by atoms with Gasteiger partial charge in [0.25, 0.3) is 5.91 Å². The molecule has 3 fully saturated rings.